The summed E-state index contributed by atoms with van der Waals surface area (Å²) in [6.07, 6.45) is 0.975. The average molecular weight is 411 g/mol. The Kier molecular flexibility index (Phi) is 5.71. The van der Waals surface area contributed by atoms with E-state index >= 15 is 0 Å². The highest BCUT2D eigenvalue weighted by Crippen LogP contribution is 2.22. The lowest BCUT2D eigenvalue weighted by molar-refractivity contribution is 0.910. The van der Waals surface area contributed by atoms with Crippen molar-refractivity contribution in [3.8, 4) is 0 Å². The van der Waals surface area contributed by atoms with Crippen molar-refractivity contribution >= 4 is 44.6 Å². The van der Waals surface area contributed by atoms with E-state index in [-0.39, 0.29) is 11.7 Å². The maximum Gasteiger partial charge on any atom is 0.122 e. The van der Waals surface area contributed by atoms with Gasteiger partial charge in [-0.3, -0.25) is 10.8 Å². The highest BCUT2D eigenvalue weighted by atomic mass is 14.9. The highest BCUT2D eigenvalue weighted by Gasteiger charge is 2.02. The predicted molar refractivity (Wildman–Crippen MR) is 132 cm³/mol. The molecule has 0 amide bonds. The van der Waals surface area contributed by atoms with Crippen LogP contribution in [0.4, 0.5) is 11.4 Å². The van der Waals surface area contributed by atoms with E-state index in [1.165, 1.54) is 0 Å². The normalized spacial score (nSPS) is 10.8. The summed E-state index contributed by atoms with van der Waals surface area (Å²) in [6.45, 7) is 1.72. The Morgan fingerprint density at radius 3 is 1.39 bits per heavy atom. The van der Waals surface area contributed by atoms with Crippen LogP contribution in [0.3, 0.4) is 0 Å². The highest BCUT2D eigenvalue weighted by molar-refractivity contribution is 6.00. The summed E-state index contributed by atoms with van der Waals surface area (Å²) in [4.78, 5) is 0. The van der Waals surface area contributed by atoms with Gasteiger partial charge in [0, 0.05) is 35.6 Å². The summed E-state index contributed by atoms with van der Waals surface area (Å²) in [7, 11) is 0. The molecule has 0 saturated heterocycles. The molecule has 31 heavy (non-hydrogen) atoms. The summed E-state index contributed by atoms with van der Waals surface area (Å²) in [6, 6.07) is 24.1. The number of hydrogen-bond donors (Lipinski definition) is 6. The van der Waals surface area contributed by atoms with E-state index in [0.29, 0.717) is 0 Å². The number of nitrogen functional groups attached to an aromatic ring is 2. The molecule has 0 radical (unpaired) electrons. The smallest absolute Gasteiger partial charge is 0.122 e. The Labute approximate surface area is 181 Å². The Morgan fingerprint density at radius 2 is 0.968 bits per heavy atom. The third kappa shape index (κ3) is 4.75. The minimum Gasteiger partial charge on any atom is -0.385 e. The fourth-order valence-corrected chi connectivity index (χ4v) is 3.60. The molecule has 0 saturated carbocycles. The van der Waals surface area contributed by atoms with E-state index in [9.17, 15) is 0 Å². The molecule has 0 unspecified atom stereocenters. The average Bonchev–Trinajstić information content (AvgIpc) is 2.77. The maximum absolute atomic E-state index is 7.56. The van der Waals surface area contributed by atoms with Crippen molar-refractivity contribution in [2.24, 2.45) is 11.5 Å². The minimum absolute atomic E-state index is 0.0869. The van der Waals surface area contributed by atoms with Gasteiger partial charge in [0.2, 0.25) is 0 Å². The molecule has 4 aromatic rings. The number of benzene rings is 4. The fourth-order valence-electron chi connectivity index (χ4n) is 3.60. The van der Waals surface area contributed by atoms with E-state index < -0.39 is 0 Å². The first-order valence-electron chi connectivity index (χ1n) is 10.2. The number of nitrogens with one attached hydrogen (secondary N) is 4. The molecule has 0 spiro atoms. The number of fused-ring (bicyclic) bond motifs is 2. The topological polar surface area (TPSA) is 124 Å². The quantitative estimate of drug-likeness (QED) is 0.146. The van der Waals surface area contributed by atoms with Gasteiger partial charge in [0.25, 0.3) is 0 Å². The van der Waals surface area contributed by atoms with E-state index in [2.05, 4.69) is 47.0 Å². The van der Waals surface area contributed by atoms with E-state index in [0.717, 1.165) is 63.6 Å². The molecule has 0 aliphatic heterocycles. The monoisotopic (exact) mass is 410 g/mol. The van der Waals surface area contributed by atoms with Crippen molar-refractivity contribution < 1.29 is 0 Å². The molecule has 0 bridgehead atoms. The summed E-state index contributed by atoms with van der Waals surface area (Å²) < 4.78 is 0. The van der Waals surface area contributed by atoms with Gasteiger partial charge in [0.1, 0.15) is 11.7 Å². The van der Waals surface area contributed by atoms with Crippen LogP contribution in [0, 0.1) is 10.8 Å². The van der Waals surface area contributed by atoms with Crippen LogP contribution in [0.25, 0.3) is 21.5 Å². The standard InChI is InChI=1S/C25H26N6/c26-24(27)20-4-2-18-14-22(8-6-16(18)12-20)30-10-1-11-31-23-9-7-17-13-21(25(28)29)5-3-19(17)15-23/h2-9,12-15,30-31H,1,10-11H2,(H3,26,27)(H3,28,29). The fraction of sp³-hybridized carbons (Fsp3) is 0.120. The van der Waals surface area contributed by atoms with Crippen LogP contribution in [0.5, 0.6) is 0 Å². The van der Waals surface area contributed by atoms with Gasteiger partial charge in [-0.1, -0.05) is 36.4 Å². The van der Waals surface area contributed by atoms with Crippen LogP contribution in [0.15, 0.2) is 72.8 Å². The summed E-state index contributed by atoms with van der Waals surface area (Å²) >= 11 is 0. The van der Waals surface area contributed by atoms with Gasteiger partial charge in [-0.2, -0.15) is 0 Å². The third-order valence-corrected chi connectivity index (χ3v) is 5.31. The first-order chi connectivity index (χ1) is 15.0. The first kappa shape index (κ1) is 20.2. The second-order valence-corrected chi connectivity index (χ2v) is 7.59. The van der Waals surface area contributed by atoms with Crippen LogP contribution in [0.2, 0.25) is 0 Å². The van der Waals surface area contributed by atoms with E-state index in [4.69, 9.17) is 22.3 Å². The molecule has 0 fully saturated rings. The number of amidine groups is 2. The lowest BCUT2D eigenvalue weighted by atomic mass is 10.1. The zero-order valence-corrected chi connectivity index (χ0v) is 17.2. The van der Waals surface area contributed by atoms with Crippen LogP contribution in [-0.2, 0) is 0 Å². The predicted octanol–water partition coefficient (Wildman–Crippen LogP) is 4.48. The molecule has 6 heteroatoms. The number of nitrogens with two attached hydrogens (primary N) is 2. The van der Waals surface area contributed by atoms with Crippen LogP contribution in [-0.4, -0.2) is 24.8 Å². The van der Waals surface area contributed by atoms with Crippen molar-refractivity contribution in [2.75, 3.05) is 23.7 Å². The molecule has 156 valence electrons. The van der Waals surface area contributed by atoms with Gasteiger partial charge in [-0.25, -0.2) is 0 Å². The Morgan fingerprint density at radius 1 is 0.581 bits per heavy atom. The van der Waals surface area contributed by atoms with Crippen molar-refractivity contribution in [3.63, 3.8) is 0 Å². The molecule has 0 aromatic heterocycles. The number of hydrogen-bond acceptors (Lipinski definition) is 4. The summed E-state index contributed by atoms with van der Waals surface area (Å²) in [5.41, 5.74) is 14.8. The molecular weight excluding hydrogens is 384 g/mol. The molecule has 4 rings (SSSR count). The maximum atomic E-state index is 7.56. The van der Waals surface area contributed by atoms with Gasteiger partial charge >= 0.3 is 0 Å². The molecular formula is C25H26N6. The molecule has 4 aromatic carbocycles. The largest absolute Gasteiger partial charge is 0.385 e. The number of anilines is 2. The minimum atomic E-state index is 0.0869. The summed E-state index contributed by atoms with van der Waals surface area (Å²) in [5, 5.41) is 26.4. The lowest BCUT2D eigenvalue weighted by Gasteiger charge is -2.11. The van der Waals surface area contributed by atoms with Crippen molar-refractivity contribution in [3.05, 3.63) is 83.9 Å². The molecule has 8 N–H and O–H groups in total. The van der Waals surface area contributed by atoms with Crippen molar-refractivity contribution in [1.82, 2.24) is 0 Å². The van der Waals surface area contributed by atoms with Gasteiger partial charge in [-0.15, -0.1) is 0 Å². The van der Waals surface area contributed by atoms with Crippen LogP contribution >= 0.6 is 0 Å². The Hall–Kier alpha value is -4.06. The molecule has 0 atom stereocenters. The van der Waals surface area contributed by atoms with Crippen molar-refractivity contribution in [1.29, 1.82) is 10.8 Å². The second-order valence-electron chi connectivity index (χ2n) is 7.59. The van der Waals surface area contributed by atoms with Crippen LogP contribution in [0.1, 0.15) is 17.5 Å². The summed E-state index contributed by atoms with van der Waals surface area (Å²) in [5.74, 6) is 0.174. The molecule has 0 aliphatic carbocycles. The second kappa shape index (κ2) is 8.75. The van der Waals surface area contributed by atoms with Gasteiger partial charge in [0.15, 0.2) is 0 Å². The van der Waals surface area contributed by atoms with Gasteiger partial charge in [-0.05, 0) is 64.4 Å². The van der Waals surface area contributed by atoms with Gasteiger partial charge < -0.3 is 22.1 Å². The van der Waals surface area contributed by atoms with E-state index in [1.54, 1.807) is 0 Å². The van der Waals surface area contributed by atoms with E-state index in [1.807, 2.05) is 36.4 Å². The molecule has 0 aliphatic rings. The molecule has 6 nitrogen and oxygen atoms in total. The lowest BCUT2D eigenvalue weighted by Crippen LogP contribution is -2.11. The van der Waals surface area contributed by atoms with Gasteiger partial charge in [0.05, 0.1) is 0 Å². The zero-order valence-electron chi connectivity index (χ0n) is 17.2. The Bertz CT molecular complexity index is 1180. The number of rotatable bonds is 8. The van der Waals surface area contributed by atoms with Crippen molar-refractivity contribution in [2.45, 2.75) is 6.42 Å². The third-order valence-electron chi connectivity index (χ3n) is 5.31. The zero-order chi connectivity index (χ0) is 21.8. The van der Waals surface area contributed by atoms with Crippen LogP contribution < -0.4 is 22.1 Å². The first-order valence-corrected chi connectivity index (χ1v) is 10.2. The molecule has 0 heterocycles. The Balaban J connectivity index is 1.29. The SMILES string of the molecule is N=C(N)c1ccc2cc(NCCCNc3ccc4cc(C(=N)N)ccc4c3)ccc2c1.